The monoisotopic (exact) mass is 245 g/mol. The first-order chi connectivity index (χ1) is 8.15. The van der Waals surface area contributed by atoms with E-state index in [9.17, 15) is 15.0 Å². The summed E-state index contributed by atoms with van der Waals surface area (Å²) in [7, 11) is 0. The van der Waals surface area contributed by atoms with Gasteiger partial charge in [0.05, 0.1) is 24.9 Å². The lowest BCUT2D eigenvalue weighted by Crippen LogP contribution is -2.53. The van der Waals surface area contributed by atoms with Crippen molar-refractivity contribution in [3.8, 4) is 0 Å². The van der Waals surface area contributed by atoms with Gasteiger partial charge in [-0.2, -0.15) is 0 Å². The summed E-state index contributed by atoms with van der Waals surface area (Å²) in [5, 5.41) is 21.1. The van der Waals surface area contributed by atoms with Crippen LogP contribution in [-0.2, 0) is 9.53 Å². The van der Waals surface area contributed by atoms with E-state index in [-0.39, 0.29) is 25.2 Å². The summed E-state index contributed by atoms with van der Waals surface area (Å²) in [4.78, 5) is 11.7. The molecule has 0 radical (unpaired) electrons. The maximum Gasteiger partial charge on any atom is 0.220 e. The van der Waals surface area contributed by atoms with Gasteiger partial charge in [-0.1, -0.05) is 6.92 Å². The van der Waals surface area contributed by atoms with Gasteiger partial charge in [-0.05, 0) is 25.7 Å². The van der Waals surface area contributed by atoms with Crippen LogP contribution in [-0.4, -0.2) is 47.6 Å². The van der Waals surface area contributed by atoms with Crippen LogP contribution in [0.3, 0.4) is 0 Å². The summed E-state index contributed by atoms with van der Waals surface area (Å²) in [5.74, 6) is -0.134. The molecule has 1 amide bonds. The molecule has 1 unspecified atom stereocenters. The summed E-state index contributed by atoms with van der Waals surface area (Å²) in [6, 6.07) is 0. The zero-order valence-electron chi connectivity index (χ0n) is 10.4. The van der Waals surface area contributed by atoms with Crippen LogP contribution in [0.4, 0.5) is 0 Å². The fourth-order valence-corrected chi connectivity index (χ4v) is 1.96. The average molecular weight is 245 g/mol. The van der Waals surface area contributed by atoms with Gasteiger partial charge in [-0.15, -0.1) is 0 Å². The Kier molecular flexibility index (Phi) is 5.88. The molecule has 17 heavy (non-hydrogen) atoms. The second-order valence-corrected chi connectivity index (χ2v) is 4.67. The van der Waals surface area contributed by atoms with Crippen LogP contribution in [0.5, 0.6) is 0 Å². The number of rotatable bonds is 7. The van der Waals surface area contributed by atoms with Crippen LogP contribution in [0.2, 0.25) is 0 Å². The van der Waals surface area contributed by atoms with Crippen LogP contribution in [0.1, 0.15) is 39.0 Å². The van der Waals surface area contributed by atoms with Gasteiger partial charge in [0.15, 0.2) is 0 Å². The van der Waals surface area contributed by atoms with Crippen LogP contribution in [0.15, 0.2) is 0 Å². The Morgan fingerprint density at radius 3 is 2.65 bits per heavy atom. The molecule has 1 fully saturated rings. The van der Waals surface area contributed by atoms with Crippen molar-refractivity contribution < 1.29 is 19.7 Å². The van der Waals surface area contributed by atoms with Gasteiger partial charge in [0.1, 0.15) is 0 Å². The van der Waals surface area contributed by atoms with Crippen molar-refractivity contribution in [2.45, 2.75) is 50.7 Å². The highest BCUT2D eigenvalue weighted by Gasteiger charge is 2.28. The molecule has 0 bridgehead atoms. The molecule has 1 rings (SSSR count). The van der Waals surface area contributed by atoms with Gasteiger partial charge in [-0.25, -0.2) is 0 Å². The van der Waals surface area contributed by atoms with Crippen LogP contribution in [0, 0.1) is 0 Å². The summed E-state index contributed by atoms with van der Waals surface area (Å²) < 4.78 is 5.43. The molecule has 100 valence electrons. The third-order valence-electron chi connectivity index (χ3n) is 3.40. The first kappa shape index (κ1) is 14.4. The minimum absolute atomic E-state index is 0.134. The molecule has 1 heterocycles. The molecule has 1 aliphatic heterocycles. The first-order valence-electron chi connectivity index (χ1n) is 6.30. The lowest BCUT2D eigenvalue weighted by atomic mass is 9.98. The largest absolute Gasteiger partial charge is 0.394 e. The van der Waals surface area contributed by atoms with Gasteiger partial charge < -0.3 is 20.3 Å². The standard InChI is InChI=1S/C12H23NO4/c1-2-12(8-14,9-15)13-11(16)6-5-10-4-3-7-17-10/h10,14-15H,2-9H2,1H3,(H,13,16). The maximum atomic E-state index is 11.7. The Hall–Kier alpha value is -0.650. The van der Waals surface area contributed by atoms with E-state index >= 15 is 0 Å². The molecular formula is C12H23NO4. The predicted molar refractivity (Wildman–Crippen MR) is 63.5 cm³/mol. The van der Waals surface area contributed by atoms with Crippen molar-refractivity contribution in [3.05, 3.63) is 0 Å². The summed E-state index contributed by atoms with van der Waals surface area (Å²) in [6.45, 7) is 2.13. The van der Waals surface area contributed by atoms with E-state index < -0.39 is 5.54 Å². The number of hydrogen-bond acceptors (Lipinski definition) is 4. The Morgan fingerprint density at radius 1 is 1.47 bits per heavy atom. The van der Waals surface area contributed by atoms with E-state index in [2.05, 4.69) is 5.32 Å². The summed E-state index contributed by atoms with van der Waals surface area (Å²) >= 11 is 0. The molecular weight excluding hydrogens is 222 g/mol. The number of hydrogen-bond donors (Lipinski definition) is 3. The summed E-state index contributed by atoms with van der Waals surface area (Å²) in [6.07, 6.45) is 3.88. The molecule has 1 aliphatic rings. The highest BCUT2D eigenvalue weighted by Crippen LogP contribution is 2.17. The lowest BCUT2D eigenvalue weighted by Gasteiger charge is -2.29. The molecule has 3 N–H and O–H groups in total. The fourth-order valence-electron chi connectivity index (χ4n) is 1.96. The highest BCUT2D eigenvalue weighted by atomic mass is 16.5. The SMILES string of the molecule is CCC(CO)(CO)NC(=O)CCC1CCCO1. The van der Waals surface area contributed by atoms with E-state index in [4.69, 9.17) is 4.74 Å². The molecule has 1 atom stereocenters. The molecule has 5 nitrogen and oxygen atoms in total. The number of carbonyl (C=O) groups is 1. The van der Waals surface area contributed by atoms with E-state index in [1.165, 1.54) is 0 Å². The van der Waals surface area contributed by atoms with Gasteiger partial charge in [0, 0.05) is 13.0 Å². The van der Waals surface area contributed by atoms with E-state index in [0.717, 1.165) is 19.4 Å². The Labute approximate surface area is 102 Å². The van der Waals surface area contributed by atoms with E-state index in [1.54, 1.807) is 0 Å². The van der Waals surface area contributed by atoms with Gasteiger partial charge >= 0.3 is 0 Å². The van der Waals surface area contributed by atoms with E-state index in [1.807, 2.05) is 6.92 Å². The van der Waals surface area contributed by atoms with Crippen molar-refractivity contribution >= 4 is 5.91 Å². The van der Waals surface area contributed by atoms with Crippen LogP contribution >= 0.6 is 0 Å². The molecule has 0 aromatic carbocycles. The van der Waals surface area contributed by atoms with Crippen LogP contribution in [0.25, 0.3) is 0 Å². The topological polar surface area (TPSA) is 78.8 Å². The highest BCUT2D eigenvalue weighted by molar-refractivity contribution is 5.76. The Morgan fingerprint density at radius 2 is 2.18 bits per heavy atom. The van der Waals surface area contributed by atoms with Crippen molar-refractivity contribution in [1.82, 2.24) is 5.32 Å². The first-order valence-corrected chi connectivity index (χ1v) is 6.30. The minimum Gasteiger partial charge on any atom is -0.394 e. The smallest absolute Gasteiger partial charge is 0.220 e. The number of carbonyl (C=O) groups excluding carboxylic acids is 1. The van der Waals surface area contributed by atoms with Crippen molar-refractivity contribution in [3.63, 3.8) is 0 Å². The average Bonchev–Trinajstić information content (AvgIpc) is 2.87. The lowest BCUT2D eigenvalue weighted by molar-refractivity contribution is -0.125. The number of nitrogens with one attached hydrogen (secondary N) is 1. The Bertz CT molecular complexity index is 226. The van der Waals surface area contributed by atoms with Gasteiger partial charge in [0.25, 0.3) is 0 Å². The van der Waals surface area contributed by atoms with Crippen LogP contribution < -0.4 is 5.32 Å². The molecule has 0 saturated carbocycles. The number of aliphatic hydroxyl groups excluding tert-OH is 2. The second-order valence-electron chi connectivity index (χ2n) is 4.67. The molecule has 1 saturated heterocycles. The van der Waals surface area contributed by atoms with E-state index in [0.29, 0.717) is 19.3 Å². The maximum absolute atomic E-state index is 11.7. The van der Waals surface area contributed by atoms with Gasteiger partial charge in [0.2, 0.25) is 5.91 Å². The second kappa shape index (κ2) is 6.93. The fraction of sp³-hybridized carbons (Fsp3) is 0.917. The quantitative estimate of drug-likeness (QED) is 0.598. The minimum atomic E-state index is -0.881. The third-order valence-corrected chi connectivity index (χ3v) is 3.40. The molecule has 5 heteroatoms. The summed E-state index contributed by atoms with van der Waals surface area (Å²) in [5.41, 5.74) is -0.881. The molecule has 0 aromatic rings. The Balaban J connectivity index is 2.31. The number of aliphatic hydroxyl groups is 2. The molecule has 0 spiro atoms. The third kappa shape index (κ3) is 4.26. The van der Waals surface area contributed by atoms with Gasteiger partial charge in [-0.3, -0.25) is 4.79 Å². The number of ether oxygens (including phenoxy) is 1. The molecule has 0 aliphatic carbocycles. The normalized spacial score (nSPS) is 20.5. The number of amides is 1. The van der Waals surface area contributed by atoms with Crippen molar-refractivity contribution in [2.24, 2.45) is 0 Å². The predicted octanol–water partition coefficient (Wildman–Crippen LogP) is 0.195. The van der Waals surface area contributed by atoms with Crippen molar-refractivity contribution in [1.29, 1.82) is 0 Å². The zero-order valence-corrected chi connectivity index (χ0v) is 10.4. The molecule has 0 aromatic heterocycles. The zero-order chi connectivity index (χ0) is 12.7. The van der Waals surface area contributed by atoms with Crippen molar-refractivity contribution in [2.75, 3.05) is 19.8 Å².